The largest absolute Gasteiger partial charge is 0.396 e. The Kier molecular flexibility index (Phi) is 2.90. The van der Waals surface area contributed by atoms with Crippen molar-refractivity contribution in [2.45, 2.75) is 6.92 Å². The molecule has 3 rings (SSSR count). The van der Waals surface area contributed by atoms with Crippen LogP contribution < -0.4 is 5.73 Å². The predicted molar refractivity (Wildman–Crippen MR) is 73.7 cm³/mol. The zero-order valence-electron chi connectivity index (χ0n) is 10.8. The number of hydrogen-bond donors (Lipinski definition) is 1. The fourth-order valence-corrected chi connectivity index (χ4v) is 2.01. The molecule has 3 aromatic rings. The summed E-state index contributed by atoms with van der Waals surface area (Å²) in [5, 5.41) is 4.41. The quantitative estimate of drug-likeness (QED) is 0.775. The highest BCUT2D eigenvalue weighted by Crippen LogP contribution is 2.24. The van der Waals surface area contributed by atoms with Crippen molar-refractivity contribution in [2.24, 2.45) is 0 Å². The molecule has 20 heavy (non-hydrogen) atoms. The average Bonchev–Trinajstić information content (AvgIpc) is 2.81. The number of benzene rings is 1. The van der Waals surface area contributed by atoms with Gasteiger partial charge in [-0.2, -0.15) is 5.10 Å². The van der Waals surface area contributed by atoms with E-state index in [0.29, 0.717) is 17.1 Å². The normalized spacial score (nSPS) is 10.7. The van der Waals surface area contributed by atoms with Gasteiger partial charge in [0.1, 0.15) is 17.2 Å². The van der Waals surface area contributed by atoms with Crippen molar-refractivity contribution in [3.05, 3.63) is 54.4 Å². The van der Waals surface area contributed by atoms with Gasteiger partial charge >= 0.3 is 0 Å². The molecule has 0 saturated carbocycles. The Labute approximate surface area is 114 Å². The minimum Gasteiger partial charge on any atom is -0.396 e. The van der Waals surface area contributed by atoms with Gasteiger partial charge in [-0.1, -0.05) is 0 Å². The third-order valence-corrected chi connectivity index (χ3v) is 2.95. The molecule has 0 aliphatic carbocycles. The Bertz CT molecular complexity index is 752. The molecule has 0 radical (unpaired) electrons. The number of rotatable bonds is 2. The van der Waals surface area contributed by atoms with E-state index < -0.39 is 0 Å². The molecule has 0 aliphatic rings. The monoisotopic (exact) mass is 269 g/mol. The van der Waals surface area contributed by atoms with Gasteiger partial charge in [0, 0.05) is 12.4 Å². The van der Waals surface area contributed by atoms with Crippen molar-refractivity contribution in [3.63, 3.8) is 0 Å². The molecule has 1 aromatic carbocycles. The molecule has 0 amide bonds. The van der Waals surface area contributed by atoms with E-state index in [0.717, 1.165) is 11.3 Å². The molecule has 0 atom stereocenters. The first-order valence-corrected chi connectivity index (χ1v) is 6.03. The van der Waals surface area contributed by atoms with Crippen LogP contribution in [0, 0.1) is 12.7 Å². The third kappa shape index (κ3) is 2.11. The van der Waals surface area contributed by atoms with Crippen LogP contribution in [0.1, 0.15) is 5.56 Å². The summed E-state index contributed by atoms with van der Waals surface area (Å²) in [5.41, 5.74) is 9.17. The molecule has 0 unspecified atom stereocenters. The van der Waals surface area contributed by atoms with Crippen molar-refractivity contribution in [1.82, 2.24) is 19.7 Å². The van der Waals surface area contributed by atoms with Gasteiger partial charge < -0.3 is 5.73 Å². The zero-order valence-corrected chi connectivity index (χ0v) is 10.8. The summed E-state index contributed by atoms with van der Waals surface area (Å²) in [5.74, 6) is -0.277. The lowest BCUT2D eigenvalue weighted by molar-refractivity contribution is 0.625. The molecule has 0 fully saturated rings. The van der Waals surface area contributed by atoms with E-state index in [1.54, 1.807) is 35.5 Å². The fourth-order valence-electron chi connectivity index (χ4n) is 2.01. The van der Waals surface area contributed by atoms with E-state index in [9.17, 15) is 4.39 Å². The topological polar surface area (TPSA) is 69.6 Å². The second kappa shape index (κ2) is 4.73. The van der Waals surface area contributed by atoms with Crippen molar-refractivity contribution >= 4 is 5.69 Å². The average molecular weight is 269 g/mol. The Morgan fingerprint density at radius 3 is 2.80 bits per heavy atom. The van der Waals surface area contributed by atoms with E-state index in [2.05, 4.69) is 15.1 Å². The summed E-state index contributed by atoms with van der Waals surface area (Å²) < 4.78 is 14.8. The first-order chi connectivity index (χ1) is 9.65. The van der Waals surface area contributed by atoms with Crippen LogP contribution in [0.3, 0.4) is 0 Å². The minimum absolute atomic E-state index is 0.277. The van der Waals surface area contributed by atoms with Gasteiger partial charge in [-0.15, -0.1) is 0 Å². The van der Waals surface area contributed by atoms with Crippen LogP contribution in [0.25, 0.3) is 17.1 Å². The van der Waals surface area contributed by atoms with Crippen LogP contribution in [0.15, 0.2) is 43.0 Å². The second-order valence-corrected chi connectivity index (χ2v) is 4.40. The van der Waals surface area contributed by atoms with Crippen LogP contribution in [0.5, 0.6) is 0 Å². The summed E-state index contributed by atoms with van der Waals surface area (Å²) >= 11 is 0. The summed E-state index contributed by atoms with van der Waals surface area (Å²) in [6, 6.07) is 4.51. The maximum atomic E-state index is 13.1. The molecule has 2 heterocycles. The Morgan fingerprint density at radius 1 is 1.25 bits per heavy atom. The molecule has 0 aliphatic heterocycles. The van der Waals surface area contributed by atoms with Crippen molar-refractivity contribution in [2.75, 3.05) is 5.73 Å². The molecule has 5 nitrogen and oxygen atoms in total. The van der Waals surface area contributed by atoms with Crippen LogP contribution in [-0.2, 0) is 0 Å². The Morgan fingerprint density at radius 2 is 2.10 bits per heavy atom. The van der Waals surface area contributed by atoms with Gasteiger partial charge in [0.15, 0.2) is 0 Å². The van der Waals surface area contributed by atoms with Crippen molar-refractivity contribution in [1.29, 1.82) is 0 Å². The summed E-state index contributed by atoms with van der Waals surface area (Å²) in [6.45, 7) is 1.82. The van der Waals surface area contributed by atoms with Crippen molar-refractivity contribution < 1.29 is 4.39 Å². The smallest absolute Gasteiger partial charge is 0.136 e. The molecule has 6 heteroatoms. The Hall–Kier alpha value is -2.76. The highest BCUT2D eigenvalue weighted by Gasteiger charge is 2.12. The van der Waals surface area contributed by atoms with Crippen LogP contribution in [0.4, 0.5) is 10.1 Å². The second-order valence-electron chi connectivity index (χ2n) is 4.40. The standard InChI is InChI=1S/C14H12FN5/c1-9-6-10(15)2-3-13(9)20-8-11(16)14(19-20)12-7-17-4-5-18-12/h2-8H,16H2,1H3. The molecule has 0 spiro atoms. The number of aromatic nitrogens is 4. The van der Waals surface area contributed by atoms with E-state index in [4.69, 9.17) is 5.73 Å². The van der Waals surface area contributed by atoms with Crippen molar-refractivity contribution in [3.8, 4) is 17.1 Å². The Balaban J connectivity index is 2.09. The molecule has 100 valence electrons. The molecule has 2 aromatic heterocycles. The number of aryl methyl sites for hydroxylation is 1. The number of anilines is 1. The van der Waals surface area contributed by atoms with Gasteiger partial charge in [0.05, 0.1) is 23.8 Å². The first-order valence-electron chi connectivity index (χ1n) is 6.03. The lowest BCUT2D eigenvalue weighted by Crippen LogP contribution is -1.98. The number of nitrogens with zero attached hydrogens (tertiary/aromatic N) is 4. The summed E-state index contributed by atoms with van der Waals surface area (Å²) in [7, 11) is 0. The first kappa shape index (κ1) is 12.3. The summed E-state index contributed by atoms with van der Waals surface area (Å²) in [4.78, 5) is 8.17. The van der Waals surface area contributed by atoms with Gasteiger partial charge in [-0.05, 0) is 30.7 Å². The van der Waals surface area contributed by atoms with E-state index in [1.807, 2.05) is 6.92 Å². The van der Waals surface area contributed by atoms with Gasteiger partial charge in [-0.25, -0.2) is 9.07 Å². The van der Waals surface area contributed by atoms with E-state index >= 15 is 0 Å². The zero-order chi connectivity index (χ0) is 14.1. The molecule has 0 saturated heterocycles. The lowest BCUT2D eigenvalue weighted by Gasteiger charge is -2.05. The maximum absolute atomic E-state index is 13.1. The highest BCUT2D eigenvalue weighted by atomic mass is 19.1. The molecular weight excluding hydrogens is 257 g/mol. The van der Waals surface area contributed by atoms with E-state index in [1.165, 1.54) is 12.1 Å². The fraction of sp³-hybridized carbons (Fsp3) is 0.0714. The number of nitrogens with two attached hydrogens (primary N) is 1. The van der Waals surface area contributed by atoms with Crippen LogP contribution in [-0.4, -0.2) is 19.7 Å². The molecule has 0 bridgehead atoms. The predicted octanol–water partition coefficient (Wildman–Crippen LogP) is 2.36. The minimum atomic E-state index is -0.277. The molecular formula is C14H12FN5. The summed E-state index contributed by atoms with van der Waals surface area (Å²) in [6.07, 6.45) is 6.45. The van der Waals surface area contributed by atoms with Crippen LogP contribution in [0.2, 0.25) is 0 Å². The lowest BCUT2D eigenvalue weighted by atomic mass is 10.2. The van der Waals surface area contributed by atoms with E-state index in [-0.39, 0.29) is 5.82 Å². The molecule has 2 N–H and O–H groups in total. The third-order valence-electron chi connectivity index (χ3n) is 2.95. The van der Waals surface area contributed by atoms with Gasteiger partial charge in [0.2, 0.25) is 0 Å². The SMILES string of the molecule is Cc1cc(F)ccc1-n1cc(N)c(-c2cnccn2)n1. The maximum Gasteiger partial charge on any atom is 0.136 e. The highest BCUT2D eigenvalue weighted by molar-refractivity contribution is 5.69. The number of hydrogen-bond acceptors (Lipinski definition) is 4. The van der Waals surface area contributed by atoms with Crippen LogP contribution >= 0.6 is 0 Å². The van der Waals surface area contributed by atoms with Gasteiger partial charge in [0.25, 0.3) is 0 Å². The number of halogens is 1. The number of nitrogen functional groups attached to an aromatic ring is 1. The van der Waals surface area contributed by atoms with Gasteiger partial charge in [-0.3, -0.25) is 9.97 Å².